The van der Waals surface area contributed by atoms with Crippen LogP contribution in [0.4, 0.5) is 0 Å². The van der Waals surface area contributed by atoms with Crippen molar-refractivity contribution in [3.05, 3.63) is 34.9 Å². The lowest BCUT2D eigenvalue weighted by Crippen LogP contribution is -2.50. The zero-order chi connectivity index (χ0) is 13.8. The number of hydrogen-bond donors (Lipinski definition) is 2. The van der Waals surface area contributed by atoms with E-state index in [2.05, 4.69) is 16.7 Å². The Hall–Kier alpha value is -0.610. The molecule has 1 aliphatic carbocycles. The number of benzene rings is 1. The summed E-state index contributed by atoms with van der Waals surface area (Å²) >= 11 is 6.04. The zero-order valence-electron chi connectivity index (χ0n) is 11.8. The molecule has 0 radical (unpaired) electrons. The fraction of sp³-hybridized carbons (Fsp3) is 0.625. The van der Waals surface area contributed by atoms with Crippen LogP contribution in [0.1, 0.15) is 24.8 Å². The summed E-state index contributed by atoms with van der Waals surface area (Å²) in [6, 6.07) is 9.22. The summed E-state index contributed by atoms with van der Waals surface area (Å²) in [5.74, 6) is 0.689. The van der Waals surface area contributed by atoms with Gasteiger partial charge in [-0.05, 0) is 36.5 Å². The molecule has 2 fully saturated rings. The molecule has 3 atom stereocenters. The number of rotatable bonds is 4. The Kier molecular flexibility index (Phi) is 4.94. The van der Waals surface area contributed by atoms with Crippen LogP contribution >= 0.6 is 11.6 Å². The van der Waals surface area contributed by atoms with Gasteiger partial charge in [0.15, 0.2) is 0 Å². The normalized spacial score (nSPS) is 30.6. The van der Waals surface area contributed by atoms with E-state index < -0.39 is 0 Å². The van der Waals surface area contributed by atoms with Crippen LogP contribution < -0.4 is 10.6 Å². The Balaban J connectivity index is 1.55. The van der Waals surface area contributed by atoms with Gasteiger partial charge in [-0.1, -0.05) is 30.2 Å². The third-order valence-electron chi connectivity index (χ3n) is 4.49. The second kappa shape index (κ2) is 6.90. The molecule has 3 rings (SSSR count). The Morgan fingerprint density at radius 2 is 2.30 bits per heavy atom. The summed E-state index contributed by atoms with van der Waals surface area (Å²) in [4.78, 5) is 0. The molecule has 110 valence electrons. The zero-order valence-corrected chi connectivity index (χ0v) is 12.5. The van der Waals surface area contributed by atoms with Crippen molar-refractivity contribution >= 4 is 11.6 Å². The maximum atomic E-state index is 6.04. The molecule has 20 heavy (non-hydrogen) atoms. The molecule has 1 heterocycles. The first kappa shape index (κ1) is 14.3. The summed E-state index contributed by atoms with van der Waals surface area (Å²) < 4.78 is 5.61. The molecule has 1 saturated heterocycles. The quantitative estimate of drug-likeness (QED) is 0.895. The van der Waals surface area contributed by atoms with E-state index in [1.54, 1.807) is 0 Å². The van der Waals surface area contributed by atoms with E-state index in [0.29, 0.717) is 18.0 Å². The van der Waals surface area contributed by atoms with Crippen LogP contribution in [-0.4, -0.2) is 31.8 Å². The van der Waals surface area contributed by atoms with Crippen LogP contribution in [0, 0.1) is 5.92 Å². The first-order chi connectivity index (χ1) is 9.83. The predicted octanol–water partition coefficient (Wildman–Crippen LogP) is 2.59. The molecule has 3 unspecified atom stereocenters. The van der Waals surface area contributed by atoms with Crippen molar-refractivity contribution in [3.63, 3.8) is 0 Å². The van der Waals surface area contributed by atoms with Gasteiger partial charge < -0.3 is 15.4 Å². The monoisotopic (exact) mass is 294 g/mol. The van der Waals surface area contributed by atoms with Gasteiger partial charge in [-0.2, -0.15) is 0 Å². The number of hydrogen-bond acceptors (Lipinski definition) is 3. The molecular formula is C16H23ClN2O. The van der Waals surface area contributed by atoms with Gasteiger partial charge in [0, 0.05) is 30.2 Å². The molecule has 2 aliphatic rings. The largest absolute Gasteiger partial charge is 0.379 e. The van der Waals surface area contributed by atoms with E-state index in [9.17, 15) is 0 Å². The molecule has 0 amide bonds. The van der Waals surface area contributed by atoms with E-state index in [4.69, 9.17) is 16.3 Å². The highest BCUT2D eigenvalue weighted by atomic mass is 35.5. The Morgan fingerprint density at radius 3 is 3.10 bits per heavy atom. The fourth-order valence-electron chi connectivity index (χ4n) is 3.48. The molecule has 1 aromatic carbocycles. The number of halogens is 1. The van der Waals surface area contributed by atoms with Crippen molar-refractivity contribution in [2.75, 3.05) is 19.8 Å². The highest BCUT2D eigenvalue weighted by Crippen LogP contribution is 2.29. The van der Waals surface area contributed by atoms with Gasteiger partial charge in [-0.15, -0.1) is 0 Å². The maximum Gasteiger partial charge on any atom is 0.0623 e. The summed E-state index contributed by atoms with van der Waals surface area (Å²) in [6.45, 7) is 3.60. The van der Waals surface area contributed by atoms with Gasteiger partial charge in [0.05, 0.1) is 13.2 Å². The molecular weight excluding hydrogens is 272 g/mol. The second-order valence-electron chi connectivity index (χ2n) is 5.85. The van der Waals surface area contributed by atoms with E-state index in [1.165, 1.54) is 24.8 Å². The van der Waals surface area contributed by atoms with Crippen molar-refractivity contribution in [3.8, 4) is 0 Å². The van der Waals surface area contributed by atoms with Gasteiger partial charge in [-0.25, -0.2) is 0 Å². The van der Waals surface area contributed by atoms with Crippen molar-refractivity contribution < 1.29 is 4.74 Å². The van der Waals surface area contributed by atoms with Crippen LogP contribution in [0.15, 0.2) is 24.3 Å². The Bertz CT molecular complexity index is 434. The molecule has 2 N–H and O–H groups in total. The average Bonchev–Trinajstić information content (AvgIpc) is 2.95. The average molecular weight is 295 g/mol. The van der Waals surface area contributed by atoms with Crippen molar-refractivity contribution in [1.29, 1.82) is 0 Å². The minimum absolute atomic E-state index is 0.517. The molecule has 0 spiro atoms. The van der Waals surface area contributed by atoms with E-state index >= 15 is 0 Å². The lowest BCUT2D eigenvalue weighted by atomic mass is 9.94. The van der Waals surface area contributed by atoms with Gasteiger partial charge in [0.1, 0.15) is 0 Å². The molecule has 1 aliphatic heterocycles. The summed E-state index contributed by atoms with van der Waals surface area (Å²) in [5, 5.41) is 8.14. The molecule has 3 nitrogen and oxygen atoms in total. The van der Waals surface area contributed by atoms with Gasteiger partial charge in [-0.3, -0.25) is 0 Å². The standard InChI is InChI=1S/C16H23ClN2O/c17-13-4-1-3-12(9-13)10-19-15-6-2-5-14(15)16-11-20-8-7-18-16/h1,3-4,9,14-16,18-19H,2,5-8,10-11H2. The number of nitrogens with one attached hydrogen (secondary N) is 2. The highest BCUT2D eigenvalue weighted by molar-refractivity contribution is 6.30. The first-order valence-corrected chi connectivity index (χ1v) is 8.00. The Morgan fingerprint density at radius 1 is 1.35 bits per heavy atom. The second-order valence-corrected chi connectivity index (χ2v) is 6.28. The van der Waals surface area contributed by atoms with Gasteiger partial charge in [0.2, 0.25) is 0 Å². The summed E-state index contributed by atoms with van der Waals surface area (Å²) in [5.41, 5.74) is 1.26. The van der Waals surface area contributed by atoms with Crippen LogP contribution in [0.3, 0.4) is 0 Å². The van der Waals surface area contributed by atoms with Crippen molar-refractivity contribution in [1.82, 2.24) is 10.6 Å². The maximum absolute atomic E-state index is 6.04. The van der Waals surface area contributed by atoms with Crippen molar-refractivity contribution in [2.24, 2.45) is 5.92 Å². The SMILES string of the molecule is Clc1cccc(CNC2CCCC2C2COCCN2)c1. The minimum Gasteiger partial charge on any atom is -0.379 e. The molecule has 1 saturated carbocycles. The topological polar surface area (TPSA) is 33.3 Å². The predicted molar refractivity (Wildman–Crippen MR) is 82.0 cm³/mol. The third kappa shape index (κ3) is 3.53. The third-order valence-corrected chi connectivity index (χ3v) is 4.73. The minimum atomic E-state index is 0.517. The Labute approximate surface area is 126 Å². The van der Waals surface area contributed by atoms with Gasteiger partial charge >= 0.3 is 0 Å². The van der Waals surface area contributed by atoms with Crippen LogP contribution in [0.2, 0.25) is 5.02 Å². The van der Waals surface area contributed by atoms with E-state index in [-0.39, 0.29) is 0 Å². The number of morpholine rings is 1. The summed E-state index contributed by atoms with van der Waals surface area (Å²) in [6.07, 6.45) is 3.88. The van der Waals surface area contributed by atoms with Gasteiger partial charge in [0.25, 0.3) is 0 Å². The summed E-state index contributed by atoms with van der Waals surface area (Å²) in [7, 11) is 0. The van der Waals surface area contributed by atoms with Crippen LogP contribution in [-0.2, 0) is 11.3 Å². The lowest BCUT2D eigenvalue weighted by Gasteiger charge is -2.33. The van der Waals surface area contributed by atoms with Crippen LogP contribution in [0.25, 0.3) is 0 Å². The van der Waals surface area contributed by atoms with Crippen molar-refractivity contribution in [2.45, 2.75) is 37.9 Å². The highest BCUT2D eigenvalue weighted by Gasteiger charge is 2.34. The fourth-order valence-corrected chi connectivity index (χ4v) is 3.69. The van der Waals surface area contributed by atoms with E-state index in [0.717, 1.165) is 31.3 Å². The van der Waals surface area contributed by atoms with Crippen LogP contribution in [0.5, 0.6) is 0 Å². The molecule has 4 heteroatoms. The van der Waals surface area contributed by atoms with E-state index in [1.807, 2.05) is 18.2 Å². The first-order valence-electron chi connectivity index (χ1n) is 7.62. The lowest BCUT2D eigenvalue weighted by molar-refractivity contribution is 0.0524. The molecule has 0 bridgehead atoms. The molecule has 0 aromatic heterocycles. The smallest absolute Gasteiger partial charge is 0.0623 e. The number of ether oxygens (including phenoxy) is 1. The molecule has 1 aromatic rings.